The Bertz CT molecular complexity index is 1180. The standard InChI is InChI=1S/C52H97N2O6P/c1-6-8-10-12-14-16-18-20-21-22-23-24-25-26-27-28-29-30-31-32-34-35-37-39-41-43-45-51(55)50(49-60-61(57,58)59-48-47-54(3,4)5)53-52(56)46-44-42-40-38-36-33-19-17-15-13-11-9-7-2/h11,13,17,19,30-31,35,37,43,45,50-51,55H,6-10,12,14-16,18,20-29,32-34,36,38-42,44,46-49H2,1-5H3,(H-,53,56,57,58)/p+1/b13-11-,19-17-,31-30+,37-35+,45-43+. The SMILES string of the molecule is CCC/C=C\C/C=C\CCCCCCCC(=O)NC(COP(=O)(O)OCC[N+](C)(C)C)C(O)/C=C/CC/C=C/CC/C=C/CCCCCCCCCCCCCCCCCC. The molecule has 3 N–H and O–H groups in total. The molecule has 3 atom stereocenters. The molecule has 3 unspecified atom stereocenters. The van der Waals surface area contributed by atoms with Crippen LogP contribution in [0, 0.1) is 0 Å². The van der Waals surface area contributed by atoms with Gasteiger partial charge in [-0.25, -0.2) is 4.57 Å². The summed E-state index contributed by atoms with van der Waals surface area (Å²) >= 11 is 0. The minimum atomic E-state index is -4.36. The monoisotopic (exact) mass is 878 g/mol. The first-order chi connectivity index (χ1) is 29.5. The summed E-state index contributed by atoms with van der Waals surface area (Å²) in [5.74, 6) is -0.208. The Hall–Kier alpha value is -1.80. The van der Waals surface area contributed by atoms with Gasteiger partial charge in [0.05, 0.1) is 39.9 Å². The Balaban J connectivity index is 4.34. The van der Waals surface area contributed by atoms with Crippen molar-refractivity contribution in [3.05, 3.63) is 60.8 Å². The molecule has 0 bridgehead atoms. The van der Waals surface area contributed by atoms with Gasteiger partial charge in [-0.3, -0.25) is 13.8 Å². The van der Waals surface area contributed by atoms with Crippen LogP contribution in [0.4, 0.5) is 0 Å². The highest BCUT2D eigenvalue weighted by molar-refractivity contribution is 7.47. The molecule has 0 spiro atoms. The van der Waals surface area contributed by atoms with E-state index in [1.165, 1.54) is 116 Å². The van der Waals surface area contributed by atoms with E-state index in [2.05, 4.69) is 67.8 Å². The van der Waals surface area contributed by atoms with E-state index in [4.69, 9.17) is 9.05 Å². The molecular weight excluding hydrogens is 780 g/mol. The van der Waals surface area contributed by atoms with Crippen molar-refractivity contribution in [3.8, 4) is 0 Å². The second-order valence-electron chi connectivity index (χ2n) is 18.2. The number of hydrogen-bond donors (Lipinski definition) is 3. The zero-order valence-corrected chi connectivity index (χ0v) is 41.3. The van der Waals surface area contributed by atoms with Crippen LogP contribution in [0.5, 0.6) is 0 Å². The Morgan fingerprint density at radius 2 is 0.984 bits per heavy atom. The first-order valence-electron chi connectivity index (χ1n) is 25.2. The molecule has 61 heavy (non-hydrogen) atoms. The number of likely N-dealkylation sites (N-methyl/N-ethyl adjacent to an activating group) is 1. The summed E-state index contributed by atoms with van der Waals surface area (Å²) in [7, 11) is 1.53. The number of nitrogens with one attached hydrogen (secondary N) is 1. The minimum Gasteiger partial charge on any atom is -0.387 e. The van der Waals surface area contributed by atoms with Crippen LogP contribution < -0.4 is 5.32 Å². The first-order valence-corrected chi connectivity index (χ1v) is 26.7. The lowest BCUT2D eigenvalue weighted by Crippen LogP contribution is -2.45. The van der Waals surface area contributed by atoms with E-state index in [1.54, 1.807) is 6.08 Å². The van der Waals surface area contributed by atoms with Gasteiger partial charge in [-0.05, 0) is 70.6 Å². The molecule has 8 nitrogen and oxygen atoms in total. The normalized spacial score (nSPS) is 14.7. The number of phosphoric acid groups is 1. The molecule has 0 radical (unpaired) electrons. The quantitative estimate of drug-likeness (QED) is 0.0244. The molecular formula is C52H98N2O6P+. The summed E-state index contributed by atoms with van der Waals surface area (Å²) in [4.78, 5) is 23.1. The number of hydrogen-bond acceptors (Lipinski definition) is 5. The summed E-state index contributed by atoms with van der Waals surface area (Å²) in [5.41, 5.74) is 0. The number of amides is 1. The molecule has 0 aliphatic rings. The van der Waals surface area contributed by atoms with Crippen molar-refractivity contribution in [2.45, 2.75) is 225 Å². The van der Waals surface area contributed by atoms with Crippen LogP contribution in [-0.2, 0) is 18.4 Å². The number of aliphatic hydroxyl groups excluding tert-OH is 1. The van der Waals surface area contributed by atoms with E-state index < -0.39 is 20.0 Å². The molecule has 9 heteroatoms. The van der Waals surface area contributed by atoms with Crippen LogP contribution >= 0.6 is 7.82 Å². The van der Waals surface area contributed by atoms with Crippen molar-refractivity contribution in [2.24, 2.45) is 0 Å². The molecule has 0 rings (SSSR count). The predicted molar refractivity (Wildman–Crippen MR) is 263 cm³/mol. The molecule has 0 aliphatic carbocycles. The Kier molecular flexibility index (Phi) is 42.2. The van der Waals surface area contributed by atoms with Crippen molar-refractivity contribution >= 4 is 13.7 Å². The third-order valence-corrected chi connectivity index (χ3v) is 11.9. The van der Waals surface area contributed by atoms with E-state index in [9.17, 15) is 19.4 Å². The van der Waals surface area contributed by atoms with E-state index in [1.807, 2.05) is 27.2 Å². The van der Waals surface area contributed by atoms with Crippen molar-refractivity contribution in [2.75, 3.05) is 40.9 Å². The highest BCUT2D eigenvalue weighted by Crippen LogP contribution is 2.43. The zero-order chi connectivity index (χ0) is 45.0. The number of phosphoric ester groups is 1. The van der Waals surface area contributed by atoms with Crippen LogP contribution in [0.15, 0.2) is 60.8 Å². The maximum atomic E-state index is 12.9. The van der Waals surface area contributed by atoms with Gasteiger partial charge in [-0.1, -0.05) is 197 Å². The summed E-state index contributed by atoms with van der Waals surface area (Å²) < 4.78 is 23.6. The molecule has 0 heterocycles. The molecule has 0 fully saturated rings. The average Bonchev–Trinajstić information content (AvgIpc) is 3.21. The third kappa shape index (κ3) is 46.0. The molecule has 0 aromatic heterocycles. The van der Waals surface area contributed by atoms with Crippen molar-refractivity contribution < 1.29 is 32.9 Å². The Labute approximate surface area is 377 Å². The Morgan fingerprint density at radius 1 is 0.557 bits per heavy atom. The predicted octanol–water partition coefficient (Wildman–Crippen LogP) is 14.6. The summed E-state index contributed by atoms with van der Waals surface area (Å²) in [6.45, 7) is 4.71. The van der Waals surface area contributed by atoms with Crippen LogP contribution in [-0.4, -0.2) is 73.4 Å². The highest BCUT2D eigenvalue weighted by Gasteiger charge is 2.27. The van der Waals surface area contributed by atoms with Gasteiger partial charge < -0.3 is 19.8 Å². The zero-order valence-electron chi connectivity index (χ0n) is 40.4. The number of rotatable bonds is 45. The lowest BCUT2D eigenvalue weighted by atomic mass is 10.0. The summed E-state index contributed by atoms with van der Waals surface area (Å²) in [5, 5.41) is 13.8. The van der Waals surface area contributed by atoms with Gasteiger partial charge in [0.1, 0.15) is 13.2 Å². The van der Waals surface area contributed by atoms with Gasteiger partial charge >= 0.3 is 7.82 Å². The fourth-order valence-electron chi connectivity index (χ4n) is 6.93. The molecule has 0 aromatic rings. The van der Waals surface area contributed by atoms with E-state index in [0.717, 1.165) is 77.0 Å². The largest absolute Gasteiger partial charge is 0.472 e. The van der Waals surface area contributed by atoms with Gasteiger partial charge in [0.2, 0.25) is 5.91 Å². The number of carbonyl (C=O) groups excluding carboxylic acids is 1. The Morgan fingerprint density at radius 3 is 1.48 bits per heavy atom. The number of nitrogens with zero attached hydrogens (tertiary/aromatic N) is 1. The van der Waals surface area contributed by atoms with Crippen molar-refractivity contribution in [3.63, 3.8) is 0 Å². The van der Waals surface area contributed by atoms with Gasteiger partial charge in [0.15, 0.2) is 0 Å². The highest BCUT2D eigenvalue weighted by atomic mass is 31.2. The summed E-state index contributed by atoms with van der Waals surface area (Å²) in [6.07, 6.45) is 57.5. The molecule has 0 saturated carbocycles. The maximum absolute atomic E-state index is 12.9. The second-order valence-corrected chi connectivity index (χ2v) is 19.6. The lowest BCUT2D eigenvalue weighted by molar-refractivity contribution is -0.870. The van der Waals surface area contributed by atoms with Crippen molar-refractivity contribution in [1.82, 2.24) is 5.32 Å². The van der Waals surface area contributed by atoms with Crippen LogP contribution in [0.25, 0.3) is 0 Å². The third-order valence-electron chi connectivity index (χ3n) is 10.9. The number of allylic oxidation sites excluding steroid dienone is 9. The van der Waals surface area contributed by atoms with Gasteiger partial charge in [-0.15, -0.1) is 0 Å². The fourth-order valence-corrected chi connectivity index (χ4v) is 7.67. The van der Waals surface area contributed by atoms with E-state index >= 15 is 0 Å². The van der Waals surface area contributed by atoms with Gasteiger partial charge in [-0.2, -0.15) is 0 Å². The molecule has 1 amide bonds. The van der Waals surface area contributed by atoms with Gasteiger partial charge in [0, 0.05) is 6.42 Å². The molecule has 0 saturated heterocycles. The average molecular weight is 878 g/mol. The van der Waals surface area contributed by atoms with E-state index in [-0.39, 0.29) is 19.1 Å². The maximum Gasteiger partial charge on any atom is 0.472 e. The van der Waals surface area contributed by atoms with Gasteiger partial charge in [0.25, 0.3) is 0 Å². The summed E-state index contributed by atoms with van der Waals surface area (Å²) in [6, 6.07) is -0.878. The topological polar surface area (TPSA) is 105 Å². The number of carbonyl (C=O) groups is 1. The van der Waals surface area contributed by atoms with Crippen LogP contribution in [0.1, 0.15) is 213 Å². The van der Waals surface area contributed by atoms with Crippen LogP contribution in [0.2, 0.25) is 0 Å². The fraction of sp³-hybridized carbons (Fsp3) is 0.788. The minimum absolute atomic E-state index is 0.0484. The molecule has 0 aliphatic heterocycles. The first kappa shape index (κ1) is 59.2. The van der Waals surface area contributed by atoms with Crippen molar-refractivity contribution in [1.29, 1.82) is 0 Å². The lowest BCUT2D eigenvalue weighted by Gasteiger charge is -2.25. The number of unbranched alkanes of at least 4 members (excludes halogenated alkanes) is 24. The van der Waals surface area contributed by atoms with Crippen LogP contribution in [0.3, 0.4) is 0 Å². The molecule has 356 valence electrons. The number of quaternary nitrogens is 1. The number of aliphatic hydroxyl groups is 1. The molecule has 0 aromatic carbocycles. The smallest absolute Gasteiger partial charge is 0.387 e. The van der Waals surface area contributed by atoms with E-state index in [0.29, 0.717) is 17.4 Å². The second kappa shape index (κ2) is 43.5.